The maximum atomic E-state index is 12.4. The maximum absolute atomic E-state index is 12.4. The molecule has 0 atom stereocenters. The number of carbonyl (C=O) groups excluding carboxylic acids is 1. The van der Waals surface area contributed by atoms with Gasteiger partial charge in [-0.2, -0.15) is 0 Å². The van der Waals surface area contributed by atoms with Crippen molar-refractivity contribution in [2.24, 2.45) is 5.92 Å². The third kappa shape index (κ3) is 4.52. The van der Waals surface area contributed by atoms with Gasteiger partial charge in [-0.05, 0) is 50.7 Å². The van der Waals surface area contributed by atoms with Crippen LogP contribution in [0.1, 0.15) is 23.4 Å². The number of nitrogens with one attached hydrogen (secondary N) is 1. The number of likely N-dealkylation sites (tertiary alicyclic amines) is 1. The van der Waals surface area contributed by atoms with E-state index in [-0.39, 0.29) is 11.8 Å². The highest BCUT2D eigenvalue weighted by Crippen LogP contribution is 2.24. The fourth-order valence-corrected chi connectivity index (χ4v) is 4.06. The number of amides is 1. The van der Waals surface area contributed by atoms with Gasteiger partial charge in [0.15, 0.2) is 4.34 Å². The van der Waals surface area contributed by atoms with E-state index in [1.54, 1.807) is 29.3 Å². The zero-order valence-electron chi connectivity index (χ0n) is 13.9. The third-order valence-electron chi connectivity index (χ3n) is 4.10. The molecule has 1 saturated heterocycles. The molecule has 0 saturated carbocycles. The van der Waals surface area contributed by atoms with Crippen molar-refractivity contribution in [2.45, 2.75) is 30.6 Å². The molecule has 1 aliphatic heterocycles. The minimum atomic E-state index is 0.0560. The molecule has 0 bridgehead atoms. The first kappa shape index (κ1) is 17.3. The van der Waals surface area contributed by atoms with Crippen LogP contribution in [0.15, 0.2) is 22.7 Å². The van der Waals surface area contributed by atoms with Crippen LogP contribution >= 0.6 is 23.1 Å². The molecule has 2 aromatic rings. The van der Waals surface area contributed by atoms with Gasteiger partial charge in [-0.3, -0.25) is 9.69 Å². The number of rotatable bonds is 5. The summed E-state index contributed by atoms with van der Waals surface area (Å²) in [5.74, 6) is 0.763. The number of pyridine rings is 1. The number of carbonyl (C=O) groups is 1. The lowest BCUT2D eigenvalue weighted by Gasteiger charge is -2.30. The van der Waals surface area contributed by atoms with E-state index in [4.69, 9.17) is 0 Å². The Morgan fingerprint density at radius 1 is 1.38 bits per heavy atom. The molecule has 1 N–H and O–H groups in total. The molecule has 0 unspecified atom stereocenters. The van der Waals surface area contributed by atoms with Crippen molar-refractivity contribution in [3.63, 3.8) is 0 Å². The number of aromatic nitrogens is 3. The second kappa shape index (κ2) is 8.04. The van der Waals surface area contributed by atoms with Crippen molar-refractivity contribution in [3.8, 4) is 0 Å². The summed E-state index contributed by atoms with van der Waals surface area (Å²) in [7, 11) is 0. The summed E-state index contributed by atoms with van der Waals surface area (Å²) in [5, 5.41) is 12.3. The molecular weight excluding hydrogens is 342 g/mol. The normalized spacial score (nSPS) is 16.2. The summed E-state index contributed by atoms with van der Waals surface area (Å²) in [5.41, 5.74) is 1.09. The van der Waals surface area contributed by atoms with Gasteiger partial charge in [0.25, 0.3) is 0 Å². The lowest BCUT2D eigenvalue weighted by molar-refractivity contribution is -0.121. The van der Waals surface area contributed by atoms with Crippen molar-refractivity contribution < 1.29 is 4.79 Å². The first-order valence-electron chi connectivity index (χ1n) is 7.96. The van der Waals surface area contributed by atoms with Crippen molar-refractivity contribution in [1.82, 2.24) is 20.1 Å². The molecule has 1 fully saturated rings. The van der Waals surface area contributed by atoms with E-state index in [1.807, 2.05) is 25.3 Å². The summed E-state index contributed by atoms with van der Waals surface area (Å²) in [6.07, 6.45) is 5.51. The fraction of sp³-hybridized carbons (Fsp3) is 0.500. The summed E-state index contributed by atoms with van der Waals surface area (Å²) < 4.78 is 1.00. The van der Waals surface area contributed by atoms with Gasteiger partial charge in [-0.15, -0.1) is 10.2 Å². The molecule has 24 heavy (non-hydrogen) atoms. The summed E-state index contributed by atoms with van der Waals surface area (Å²) in [6, 6.07) is 3.80. The second-order valence-corrected chi connectivity index (χ2v) is 8.04. The van der Waals surface area contributed by atoms with Crippen molar-refractivity contribution in [2.75, 3.05) is 24.7 Å². The van der Waals surface area contributed by atoms with Crippen LogP contribution in [0.3, 0.4) is 0 Å². The minimum Gasteiger partial charge on any atom is -0.310 e. The zero-order valence-corrected chi connectivity index (χ0v) is 15.5. The molecule has 0 aliphatic carbocycles. The molecule has 3 rings (SSSR count). The van der Waals surface area contributed by atoms with Crippen LogP contribution in [-0.2, 0) is 11.3 Å². The Hall–Kier alpha value is -1.51. The molecule has 128 valence electrons. The van der Waals surface area contributed by atoms with Gasteiger partial charge in [0.1, 0.15) is 10.8 Å². The van der Waals surface area contributed by atoms with Crippen molar-refractivity contribution in [3.05, 3.63) is 28.9 Å². The molecule has 6 nitrogen and oxygen atoms in total. The van der Waals surface area contributed by atoms with Crippen LogP contribution in [0.2, 0.25) is 0 Å². The van der Waals surface area contributed by atoms with Crippen LogP contribution < -0.4 is 5.32 Å². The van der Waals surface area contributed by atoms with Crippen LogP contribution in [0.5, 0.6) is 0 Å². The first-order valence-corrected chi connectivity index (χ1v) is 10.0. The molecule has 2 aromatic heterocycles. The van der Waals surface area contributed by atoms with E-state index in [0.29, 0.717) is 5.82 Å². The third-order valence-corrected chi connectivity index (χ3v) is 5.99. The average Bonchev–Trinajstić information content (AvgIpc) is 3.05. The molecule has 0 aromatic carbocycles. The summed E-state index contributed by atoms with van der Waals surface area (Å²) in [6.45, 7) is 4.63. The standard InChI is InChI=1S/C16H21N5OS2/c1-11-3-4-13(17-9-11)18-15(22)12-5-7-21(8-6-12)10-14-19-20-16(23-2)24-14/h3-4,9,12H,5-8,10H2,1-2H3,(H,17,18,22). The highest BCUT2D eigenvalue weighted by Gasteiger charge is 2.25. The monoisotopic (exact) mass is 363 g/mol. The predicted molar refractivity (Wildman–Crippen MR) is 97.3 cm³/mol. The van der Waals surface area contributed by atoms with Gasteiger partial charge in [0, 0.05) is 12.1 Å². The van der Waals surface area contributed by atoms with Crippen molar-refractivity contribution >= 4 is 34.8 Å². The van der Waals surface area contributed by atoms with Gasteiger partial charge in [0.05, 0.1) is 6.54 Å². The Morgan fingerprint density at radius 2 is 2.17 bits per heavy atom. The lowest BCUT2D eigenvalue weighted by Crippen LogP contribution is -2.37. The minimum absolute atomic E-state index is 0.0560. The highest BCUT2D eigenvalue weighted by atomic mass is 32.2. The molecular formula is C16H21N5OS2. The van der Waals surface area contributed by atoms with E-state index in [0.717, 1.165) is 47.4 Å². The van der Waals surface area contributed by atoms with E-state index >= 15 is 0 Å². The Morgan fingerprint density at radius 3 is 2.79 bits per heavy atom. The largest absolute Gasteiger partial charge is 0.310 e. The van der Waals surface area contributed by atoms with Gasteiger partial charge >= 0.3 is 0 Å². The zero-order chi connectivity index (χ0) is 16.9. The van der Waals surface area contributed by atoms with Gasteiger partial charge < -0.3 is 5.32 Å². The molecule has 3 heterocycles. The van der Waals surface area contributed by atoms with Gasteiger partial charge in [-0.25, -0.2) is 4.98 Å². The Balaban J connectivity index is 1.47. The SMILES string of the molecule is CSc1nnc(CN2CCC(C(=O)Nc3ccc(C)cn3)CC2)s1. The number of aryl methyl sites for hydroxylation is 1. The van der Waals surface area contributed by atoms with E-state index < -0.39 is 0 Å². The Kier molecular flexibility index (Phi) is 5.80. The average molecular weight is 364 g/mol. The van der Waals surface area contributed by atoms with E-state index in [2.05, 4.69) is 25.4 Å². The smallest absolute Gasteiger partial charge is 0.228 e. The molecule has 8 heteroatoms. The van der Waals surface area contributed by atoms with Crippen LogP contribution in [0, 0.1) is 12.8 Å². The fourth-order valence-electron chi connectivity index (χ4n) is 2.70. The number of nitrogens with zero attached hydrogens (tertiary/aromatic N) is 4. The van der Waals surface area contributed by atoms with Crippen LogP contribution in [-0.4, -0.2) is 45.3 Å². The molecule has 1 amide bonds. The number of hydrogen-bond acceptors (Lipinski definition) is 7. The Bertz CT molecular complexity index is 680. The number of hydrogen-bond donors (Lipinski definition) is 1. The second-order valence-electron chi connectivity index (χ2n) is 5.93. The first-order chi connectivity index (χ1) is 11.6. The van der Waals surface area contributed by atoms with Crippen LogP contribution in [0.25, 0.3) is 0 Å². The maximum Gasteiger partial charge on any atom is 0.228 e. The molecule has 0 spiro atoms. The topological polar surface area (TPSA) is 71.0 Å². The number of anilines is 1. The van der Waals surface area contributed by atoms with Crippen molar-refractivity contribution in [1.29, 1.82) is 0 Å². The highest BCUT2D eigenvalue weighted by molar-refractivity contribution is 8.00. The molecule has 0 radical (unpaired) electrons. The number of thioether (sulfide) groups is 1. The van der Waals surface area contributed by atoms with Crippen LogP contribution in [0.4, 0.5) is 5.82 Å². The van der Waals surface area contributed by atoms with E-state index in [9.17, 15) is 4.79 Å². The quantitative estimate of drug-likeness (QED) is 0.824. The summed E-state index contributed by atoms with van der Waals surface area (Å²) >= 11 is 3.27. The predicted octanol–water partition coefficient (Wildman–Crippen LogP) is 2.81. The van der Waals surface area contributed by atoms with Gasteiger partial charge in [-0.1, -0.05) is 29.2 Å². The number of piperidine rings is 1. The summed E-state index contributed by atoms with van der Waals surface area (Å²) in [4.78, 5) is 18.9. The Labute approximate surface area is 150 Å². The molecule has 1 aliphatic rings. The lowest BCUT2D eigenvalue weighted by atomic mass is 9.96. The van der Waals surface area contributed by atoms with E-state index in [1.165, 1.54) is 0 Å². The van der Waals surface area contributed by atoms with Gasteiger partial charge in [0.2, 0.25) is 5.91 Å².